The first kappa shape index (κ1) is 18.2. The lowest BCUT2D eigenvalue weighted by Crippen LogP contribution is -2.45. The second-order valence-corrected chi connectivity index (χ2v) is 8.29. The predicted molar refractivity (Wildman–Crippen MR) is 107 cm³/mol. The van der Waals surface area contributed by atoms with Crippen LogP contribution < -0.4 is 0 Å². The van der Waals surface area contributed by atoms with E-state index in [9.17, 15) is 4.79 Å². The van der Waals surface area contributed by atoms with Crippen molar-refractivity contribution in [3.8, 4) is 0 Å². The Morgan fingerprint density at radius 2 is 1.96 bits per heavy atom. The highest BCUT2D eigenvalue weighted by atomic mass is 16.2. The molecule has 2 aliphatic rings. The number of hydrogen-bond donors (Lipinski definition) is 0. The zero-order valence-corrected chi connectivity index (χ0v) is 16.3. The van der Waals surface area contributed by atoms with Gasteiger partial charge in [0.05, 0.1) is 0 Å². The maximum atomic E-state index is 12.8. The molecule has 0 saturated carbocycles. The van der Waals surface area contributed by atoms with Gasteiger partial charge in [-0.25, -0.2) is 0 Å². The molecule has 5 nitrogen and oxygen atoms in total. The Labute approximate surface area is 162 Å². The average molecular weight is 367 g/mol. The summed E-state index contributed by atoms with van der Waals surface area (Å²) in [7, 11) is 1.84. The number of amides is 1. The highest BCUT2D eigenvalue weighted by molar-refractivity contribution is 5.92. The highest BCUT2D eigenvalue weighted by Gasteiger charge is 2.43. The molecule has 1 atom stereocenters. The molecule has 2 aliphatic heterocycles. The van der Waals surface area contributed by atoms with Crippen molar-refractivity contribution >= 4 is 5.91 Å². The lowest BCUT2D eigenvalue weighted by Gasteiger charge is -2.40. The summed E-state index contributed by atoms with van der Waals surface area (Å²) in [5.41, 5.74) is 2.42. The third kappa shape index (κ3) is 4.08. The standard InChI is InChI=1S/C22H30N4O/c1-24-20(10-13-23-24)21(27)26-16-12-22(18-26)11-6-15-25(17-22)14-5-9-19-7-3-2-4-8-19/h2-4,7-8,10,13H,5-6,9,11-12,14-18H2,1H3. The number of nitrogens with zero attached hydrogens (tertiary/aromatic N) is 4. The molecule has 1 spiro atoms. The van der Waals surface area contributed by atoms with E-state index in [1.807, 2.05) is 18.0 Å². The molecule has 1 aromatic carbocycles. The van der Waals surface area contributed by atoms with Gasteiger partial charge in [0.2, 0.25) is 0 Å². The quantitative estimate of drug-likeness (QED) is 0.817. The summed E-state index contributed by atoms with van der Waals surface area (Å²) in [5.74, 6) is 0.132. The maximum absolute atomic E-state index is 12.8. The second-order valence-electron chi connectivity index (χ2n) is 8.29. The van der Waals surface area contributed by atoms with E-state index in [4.69, 9.17) is 0 Å². The van der Waals surface area contributed by atoms with Gasteiger partial charge in [-0.3, -0.25) is 9.48 Å². The second kappa shape index (κ2) is 7.85. The number of benzene rings is 1. The number of aryl methyl sites for hydroxylation is 2. The molecule has 1 amide bonds. The number of piperidine rings is 1. The molecule has 144 valence electrons. The molecule has 0 N–H and O–H groups in total. The first-order valence-corrected chi connectivity index (χ1v) is 10.2. The Bertz CT molecular complexity index is 772. The van der Waals surface area contributed by atoms with E-state index >= 15 is 0 Å². The van der Waals surface area contributed by atoms with E-state index < -0.39 is 0 Å². The molecule has 2 saturated heterocycles. The third-order valence-electron chi connectivity index (χ3n) is 6.29. The fraction of sp³-hybridized carbons (Fsp3) is 0.545. The van der Waals surface area contributed by atoms with Crippen LogP contribution in [0.15, 0.2) is 42.6 Å². The van der Waals surface area contributed by atoms with Gasteiger partial charge in [-0.1, -0.05) is 30.3 Å². The van der Waals surface area contributed by atoms with Crippen LogP contribution in [0.3, 0.4) is 0 Å². The van der Waals surface area contributed by atoms with E-state index in [1.54, 1.807) is 10.9 Å². The predicted octanol–water partition coefficient (Wildman–Crippen LogP) is 2.98. The number of likely N-dealkylation sites (tertiary alicyclic amines) is 2. The van der Waals surface area contributed by atoms with Crippen molar-refractivity contribution in [2.24, 2.45) is 12.5 Å². The Morgan fingerprint density at radius 1 is 1.11 bits per heavy atom. The summed E-state index contributed by atoms with van der Waals surface area (Å²) in [5, 5.41) is 4.14. The van der Waals surface area contributed by atoms with Gasteiger partial charge in [-0.05, 0) is 56.8 Å². The molecular formula is C22H30N4O. The average Bonchev–Trinajstić information content (AvgIpc) is 3.29. The summed E-state index contributed by atoms with van der Waals surface area (Å²) in [6, 6.07) is 12.6. The van der Waals surface area contributed by atoms with Gasteiger partial charge in [-0.15, -0.1) is 0 Å². The number of aromatic nitrogens is 2. The summed E-state index contributed by atoms with van der Waals surface area (Å²) in [6.07, 6.45) is 7.68. The third-order valence-corrected chi connectivity index (χ3v) is 6.29. The van der Waals surface area contributed by atoms with Crippen molar-refractivity contribution in [2.45, 2.75) is 32.1 Å². The molecule has 0 aliphatic carbocycles. The Morgan fingerprint density at radius 3 is 2.74 bits per heavy atom. The van der Waals surface area contributed by atoms with Gasteiger partial charge in [0.15, 0.2) is 0 Å². The fourth-order valence-electron chi connectivity index (χ4n) is 4.84. The van der Waals surface area contributed by atoms with Crippen molar-refractivity contribution in [3.63, 3.8) is 0 Å². The van der Waals surface area contributed by atoms with Crippen LogP contribution in [0.5, 0.6) is 0 Å². The fourth-order valence-corrected chi connectivity index (χ4v) is 4.84. The molecule has 1 aromatic heterocycles. The highest BCUT2D eigenvalue weighted by Crippen LogP contribution is 2.39. The van der Waals surface area contributed by atoms with Gasteiger partial charge >= 0.3 is 0 Å². The molecular weight excluding hydrogens is 336 g/mol. The number of carbonyl (C=O) groups is 1. The zero-order chi connectivity index (χ0) is 18.7. The van der Waals surface area contributed by atoms with E-state index in [0.29, 0.717) is 11.1 Å². The number of rotatable bonds is 5. The molecule has 2 aromatic rings. The molecule has 0 radical (unpaired) electrons. The first-order chi connectivity index (χ1) is 13.2. The van der Waals surface area contributed by atoms with E-state index in [2.05, 4.69) is 40.3 Å². The van der Waals surface area contributed by atoms with Crippen LogP contribution >= 0.6 is 0 Å². The summed E-state index contributed by atoms with van der Waals surface area (Å²) >= 11 is 0. The maximum Gasteiger partial charge on any atom is 0.272 e. The van der Waals surface area contributed by atoms with Crippen LogP contribution in [0.25, 0.3) is 0 Å². The summed E-state index contributed by atoms with van der Waals surface area (Å²) < 4.78 is 1.68. The van der Waals surface area contributed by atoms with Crippen LogP contribution in [-0.2, 0) is 13.5 Å². The minimum Gasteiger partial charge on any atom is -0.337 e. The molecule has 1 unspecified atom stereocenters. The molecule has 0 bridgehead atoms. The first-order valence-electron chi connectivity index (χ1n) is 10.2. The lowest BCUT2D eigenvalue weighted by atomic mass is 9.79. The monoisotopic (exact) mass is 366 g/mol. The van der Waals surface area contributed by atoms with E-state index in [-0.39, 0.29) is 5.91 Å². The zero-order valence-electron chi connectivity index (χ0n) is 16.3. The molecule has 3 heterocycles. The van der Waals surface area contributed by atoms with Gasteiger partial charge < -0.3 is 9.80 Å². The van der Waals surface area contributed by atoms with Gasteiger partial charge in [-0.2, -0.15) is 5.10 Å². The van der Waals surface area contributed by atoms with Gasteiger partial charge in [0.25, 0.3) is 5.91 Å². The molecule has 4 rings (SSSR count). The molecule has 2 fully saturated rings. The molecule has 5 heteroatoms. The van der Waals surface area contributed by atoms with Crippen LogP contribution in [0, 0.1) is 5.41 Å². The van der Waals surface area contributed by atoms with Crippen molar-refractivity contribution < 1.29 is 4.79 Å². The van der Waals surface area contributed by atoms with Crippen molar-refractivity contribution in [2.75, 3.05) is 32.7 Å². The number of carbonyl (C=O) groups excluding carboxylic acids is 1. The van der Waals surface area contributed by atoms with Crippen molar-refractivity contribution in [1.82, 2.24) is 19.6 Å². The van der Waals surface area contributed by atoms with Crippen molar-refractivity contribution in [1.29, 1.82) is 0 Å². The van der Waals surface area contributed by atoms with Crippen LogP contribution in [0.2, 0.25) is 0 Å². The van der Waals surface area contributed by atoms with Crippen molar-refractivity contribution in [3.05, 3.63) is 53.9 Å². The van der Waals surface area contributed by atoms with Gasteiger partial charge in [0.1, 0.15) is 5.69 Å². The molecule has 27 heavy (non-hydrogen) atoms. The minimum absolute atomic E-state index is 0.132. The van der Waals surface area contributed by atoms with Crippen LogP contribution in [0.1, 0.15) is 41.7 Å². The largest absolute Gasteiger partial charge is 0.337 e. The summed E-state index contributed by atoms with van der Waals surface area (Å²) in [6.45, 7) is 5.27. The smallest absolute Gasteiger partial charge is 0.272 e. The number of hydrogen-bond acceptors (Lipinski definition) is 3. The van der Waals surface area contributed by atoms with E-state index in [0.717, 1.165) is 39.0 Å². The lowest BCUT2D eigenvalue weighted by molar-refractivity contribution is 0.0679. The van der Waals surface area contributed by atoms with Gasteiger partial charge in [0, 0.05) is 38.3 Å². The van der Waals surface area contributed by atoms with E-state index in [1.165, 1.54) is 31.4 Å². The van der Waals surface area contributed by atoms with Crippen LogP contribution in [0.4, 0.5) is 0 Å². The summed E-state index contributed by atoms with van der Waals surface area (Å²) in [4.78, 5) is 17.5. The topological polar surface area (TPSA) is 41.4 Å². The SMILES string of the molecule is Cn1nccc1C(=O)N1CCC2(CCCN(CCCc3ccccc3)C2)C1. The normalized spacial score (nSPS) is 23.2. The van der Waals surface area contributed by atoms with Crippen LogP contribution in [-0.4, -0.2) is 58.2 Å². The Kier molecular flexibility index (Phi) is 5.30. The minimum atomic E-state index is 0.132. The Balaban J connectivity index is 1.31. The Hall–Kier alpha value is -2.14.